The van der Waals surface area contributed by atoms with Crippen LogP contribution in [0.15, 0.2) is 24.3 Å². The third-order valence-corrected chi connectivity index (χ3v) is 4.04. The van der Waals surface area contributed by atoms with Crippen molar-refractivity contribution in [3.63, 3.8) is 0 Å². The van der Waals surface area contributed by atoms with Crippen molar-refractivity contribution < 1.29 is 9.90 Å². The maximum atomic E-state index is 11.9. The molecule has 1 fully saturated rings. The van der Waals surface area contributed by atoms with E-state index >= 15 is 0 Å². The van der Waals surface area contributed by atoms with Gasteiger partial charge in [-0.25, -0.2) is 0 Å². The SMILES string of the molecule is Cc1cccc(NC(=O)CCCN2CCCC(CO)C2)c1. The predicted octanol–water partition coefficient (Wildman–Crippen LogP) is 2.42. The van der Waals surface area contributed by atoms with Gasteiger partial charge in [-0.1, -0.05) is 12.1 Å². The Labute approximate surface area is 127 Å². The summed E-state index contributed by atoms with van der Waals surface area (Å²) in [6, 6.07) is 7.87. The van der Waals surface area contributed by atoms with E-state index in [-0.39, 0.29) is 12.5 Å². The highest BCUT2D eigenvalue weighted by Crippen LogP contribution is 2.16. The van der Waals surface area contributed by atoms with Crippen molar-refractivity contribution in [2.75, 3.05) is 31.6 Å². The lowest BCUT2D eigenvalue weighted by Gasteiger charge is -2.31. The standard InChI is InChI=1S/C17H26N2O2/c1-14-5-2-7-16(11-14)18-17(21)8-4-10-19-9-3-6-15(12-19)13-20/h2,5,7,11,15,20H,3-4,6,8-10,12-13H2,1H3,(H,18,21). The van der Waals surface area contributed by atoms with Gasteiger partial charge in [0, 0.05) is 25.3 Å². The number of amides is 1. The van der Waals surface area contributed by atoms with Crippen molar-refractivity contribution >= 4 is 11.6 Å². The third kappa shape index (κ3) is 5.48. The quantitative estimate of drug-likeness (QED) is 0.846. The molecule has 0 aliphatic carbocycles. The van der Waals surface area contributed by atoms with Crippen molar-refractivity contribution in [2.45, 2.75) is 32.6 Å². The number of nitrogens with zero attached hydrogens (tertiary/aromatic N) is 1. The van der Waals surface area contributed by atoms with Crippen LogP contribution < -0.4 is 5.32 Å². The summed E-state index contributed by atoms with van der Waals surface area (Å²) in [4.78, 5) is 14.3. The molecule has 1 aliphatic rings. The summed E-state index contributed by atoms with van der Waals surface area (Å²) in [5, 5.41) is 12.2. The summed E-state index contributed by atoms with van der Waals surface area (Å²) in [6.07, 6.45) is 3.70. The summed E-state index contributed by atoms with van der Waals surface area (Å²) in [5.41, 5.74) is 2.02. The van der Waals surface area contributed by atoms with Gasteiger partial charge in [0.25, 0.3) is 0 Å². The van der Waals surface area contributed by atoms with Gasteiger partial charge in [-0.3, -0.25) is 4.79 Å². The van der Waals surface area contributed by atoms with E-state index in [0.29, 0.717) is 12.3 Å². The number of hydrogen-bond acceptors (Lipinski definition) is 3. The summed E-state index contributed by atoms with van der Waals surface area (Å²) in [7, 11) is 0. The average molecular weight is 290 g/mol. The molecule has 0 radical (unpaired) electrons. The molecule has 2 N–H and O–H groups in total. The largest absolute Gasteiger partial charge is 0.396 e. The molecule has 0 aromatic heterocycles. The molecule has 1 saturated heterocycles. The number of likely N-dealkylation sites (tertiary alicyclic amines) is 1. The molecule has 4 nitrogen and oxygen atoms in total. The zero-order valence-electron chi connectivity index (χ0n) is 12.8. The Bertz CT molecular complexity index is 462. The molecule has 0 spiro atoms. The van der Waals surface area contributed by atoms with Crippen LogP contribution in [-0.2, 0) is 4.79 Å². The highest BCUT2D eigenvalue weighted by molar-refractivity contribution is 5.90. The van der Waals surface area contributed by atoms with Gasteiger partial charge in [-0.2, -0.15) is 0 Å². The number of benzene rings is 1. The molecule has 1 aromatic rings. The number of hydrogen-bond donors (Lipinski definition) is 2. The number of carbonyl (C=O) groups excluding carboxylic acids is 1. The zero-order valence-corrected chi connectivity index (χ0v) is 12.8. The van der Waals surface area contributed by atoms with Gasteiger partial charge in [0.1, 0.15) is 0 Å². The van der Waals surface area contributed by atoms with E-state index in [1.54, 1.807) is 0 Å². The van der Waals surface area contributed by atoms with Crippen LogP contribution in [0.2, 0.25) is 0 Å². The minimum atomic E-state index is 0.0799. The van der Waals surface area contributed by atoms with Gasteiger partial charge >= 0.3 is 0 Å². The lowest BCUT2D eigenvalue weighted by Crippen LogP contribution is -2.37. The van der Waals surface area contributed by atoms with Gasteiger partial charge in [0.05, 0.1) is 0 Å². The molecular formula is C17H26N2O2. The minimum absolute atomic E-state index is 0.0799. The summed E-state index contributed by atoms with van der Waals surface area (Å²) in [6.45, 7) is 5.30. The van der Waals surface area contributed by atoms with Crippen LogP contribution in [0.3, 0.4) is 0 Å². The van der Waals surface area contributed by atoms with Gasteiger partial charge in [-0.15, -0.1) is 0 Å². The topological polar surface area (TPSA) is 52.6 Å². The van der Waals surface area contributed by atoms with Crippen LogP contribution in [-0.4, -0.2) is 42.2 Å². The van der Waals surface area contributed by atoms with E-state index in [1.165, 1.54) is 0 Å². The molecule has 1 heterocycles. The van der Waals surface area contributed by atoms with Crippen molar-refractivity contribution in [3.05, 3.63) is 29.8 Å². The van der Waals surface area contributed by atoms with E-state index in [0.717, 1.165) is 50.1 Å². The highest BCUT2D eigenvalue weighted by Gasteiger charge is 2.18. The van der Waals surface area contributed by atoms with E-state index in [9.17, 15) is 9.90 Å². The molecule has 2 rings (SSSR count). The molecule has 1 amide bonds. The molecule has 0 bridgehead atoms. The summed E-state index contributed by atoms with van der Waals surface area (Å²) < 4.78 is 0. The fraction of sp³-hybridized carbons (Fsp3) is 0.588. The second kappa shape index (κ2) is 8.15. The molecule has 1 aliphatic heterocycles. The number of nitrogens with one attached hydrogen (secondary N) is 1. The fourth-order valence-corrected chi connectivity index (χ4v) is 2.91. The van der Waals surface area contributed by atoms with E-state index in [1.807, 2.05) is 31.2 Å². The molecule has 0 saturated carbocycles. The smallest absolute Gasteiger partial charge is 0.224 e. The maximum Gasteiger partial charge on any atom is 0.224 e. The Morgan fingerprint density at radius 1 is 1.48 bits per heavy atom. The number of rotatable bonds is 6. The monoisotopic (exact) mass is 290 g/mol. The Balaban J connectivity index is 1.67. The molecule has 116 valence electrons. The number of anilines is 1. The first-order chi connectivity index (χ1) is 10.2. The molecule has 1 unspecified atom stereocenters. The molecule has 4 heteroatoms. The van der Waals surface area contributed by atoms with Gasteiger partial charge in [0.15, 0.2) is 0 Å². The van der Waals surface area contributed by atoms with E-state index < -0.39 is 0 Å². The zero-order chi connectivity index (χ0) is 15.1. The summed E-state index contributed by atoms with van der Waals surface area (Å²) >= 11 is 0. The Kier molecular flexibility index (Phi) is 6.21. The predicted molar refractivity (Wildman–Crippen MR) is 85.3 cm³/mol. The Hall–Kier alpha value is -1.39. The van der Waals surface area contributed by atoms with Crippen molar-refractivity contribution in [1.82, 2.24) is 4.90 Å². The minimum Gasteiger partial charge on any atom is -0.396 e. The lowest BCUT2D eigenvalue weighted by molar-refractivity contribution is -0.116. The van der Waals surface area contributed by atoms with Gasteiger partial charge in [0.2, 0.25) is 5.91 Å². The lowest BCUT2D eigenvalue weighted by atomic mass is 9.99. The molecular weight excluding hydrogens is 264 g/mol. The maximum absolute atomic E-state index is 11.9. The second-order valence-corrected chi connectivity index (χ2v) is 6.01. The fourth-order valence-electron chi connectivity index (χ4n) is 2.91. The van der Waals surface area contributed by atoms with E-state index in [4.69, 9.17) is 0 Å². The molecule has 1 aromatic carbocycles. The van der Waals surface area contributed by atoms with Crippen molar-refractivity contribution in [3.8, 4) is 0 Å². The Morgan fingerprint density at radius 2 is 2.33 bits per heavy atom. The normalized spacial score (nSPS) is 19.4. The van der Waals surface area contributed by atoms with Crippen LogP contribution in [0, 0.1) is 12.8 Å². The molecule has 1 atom stereocenters. The van der Waals surface area contributed by atoms with Crippen LogP contribution in [0.25, 0.3) is 0 Å². The number of aliphatic hydroxyl groups excluding tert-OH is 1. The Morgan fingerprint density at radius 3 is 3.10 bits per heavy atom. The first kappa shape index (κ1) is 16.0. The number of aryl methyl sites for hydroxylation is 1. The second-order valence-electron chi connectivity index (χ2n) is 6.01. The van der Waals surface area contributed by atoms with Crippen LogP contribution in [0.5, 0.6) is 0 Å². The van der Waals surface area contributed by atoms with Crippen molar-refractivity contribution in [1.29, 1.82) is 0 Å². The van der Waals surface area contributed by atoms with Crippen LogP contribution in [0.1, 0.15) is 31.2 Å². The number of piperidine rings is 1. The first-order valence-corrected chi connectivity index (χ1v) is 7.87. The van der Waals surface area contributed by atoms with Crippen LogP contribution in [0.4, 0.5) is 5.69 Å². The average Bonchev–Trinajstić information content (AvgIpc) is 2.47. The first-order valence-electron chi connectivity index (χ1n) is 7.87. The van der Waals surface area contributed by atoms with E-state index in [2.05, 4.69) is 10.2 Å². The number of carbonyl (C=O) groups is 1. The third-order valence-electron chi connectivity index (χ3n) is 4.04. The molecule has 21 heavy (non-hydrogen) atoms. The van der Waals surface area contributed by atoms with Gasteiger partial charge in [-0.05, 0) is 62.9 Å². The van der Waals surface area contributed by atoms with Crippen LogP contribution >= 0.6 is 0 Å². The van der Waals surface area contributed by atoms with Gasteiger partial charge < -0.3 is 15.3 Å². The van der Waals surface area contributed by atoms with Crippen molar-refractivity contribution in [2.24, 2.45) is 5.92 Å². The highest BCUT2D eigenvalue weighted by atomic mass is 16.3. The number of aliphatic hydroxyl groups is 1. The summed E-state index contributed by atoms with van der Waals surface area (Å²) in [5.74, 6) is 0.496.